The van der Waals surface area contributed by atoms with Crippen LogP contribution in [0.4, 0.5) is 0 Å². The predicted molar refractivity (Wildman–Crippen MR) is 95.9 cm³/mol. The maximum absolute atomic E-state index is 12.2. The third kappa shape index (κ3) is 5.03. The van der Waals surface area contributed by atoms with Gasteiger partial charge in [0, 0.05) is 25.0 Å². The second-order valence-electron chi connectivity index (χ2n) is 7.07. The van der Waals surface area contributed by atoms with Crippen molar-refractivity contribution in [3.8, 4) is 0 Å². The van der Waals surface area contributed by atoms with Crippen LogP contribution in [0.1, 0.15) is 37.7 Å². The monoisotopic (exact) mass is 335 g/mol. The van der Waals surface area contributed by atoms with E-state index in [1.807, 2.05) is 0 Å². The Morgan fingerprint density at radius 1 is 1.30 bits per heavy atom. The number of amides is 1. The SMILES string of the molecule is CN1CCC(N2CCC[C@@H](NC(=O)CCc3ccsc3)C2)CC1. The van der Waals surface area contributed by atoms with E-state index in [0.29, 0.717) is 12.5 Å². The first kappa shape index (κ1) is 16.9. The van der Waals surface area contributed by atoms with Crippen LogP contribution in [0.25, 0.3) is 0 Å². The molecule has 5 heteroatoms. The van der Waals surface area contributed by atoms with E-state index in [-0.39, 0.29) is 5.91 Å². The fourth-order valence-corrected chi connectivity index (χ4v) is 4.51. The Morgan fingerprint density at radius 3 is 2.87 bits per heavy atom. The van der Waals surface area contributed by atoms with E-state index < -0.39 is 0 Å². The molecule has 1 atom stereocenters. The molecule has 0 radical (unpaired) electrons. The van der Waals surface area contributed by atoms with E-state index in [9.17, 15) is 4.79 Å². The lowest BCUT2D eigenvalue weighted by molar-refractivity contribution is -0.122. The second kappa shape index (κ2) is 8.27. The van der Waals surface area contributed by atoms with Crippen LogP contribution in [0, 0.1) is 0 Å². The Balaban J connectivity index is 1.42. The van der Waals surface area contributed by atoms with Gasteiger partial charge in [-0.25, -0.2) is 0 Å². The Hall–Kier alpha value is -0.910. The zero-order valence-electron chi connectivity index (χ0n) is 14.2. The van der Waals surface area contributed by atoms with Crippen molar-refractivity contribution in [1.29, 1.82) is 0 Å². The molecule has 2 aliphatic rings. The normalized spacial score (nSPS) is 24.7. The highest BCUT2D eigenvalue weighted by Gasteiger charge is 2.28. The summed E-state index contributed by atoms with van der Waals surface area (Å²) < 4.78 is 0. The molecule has 3 heterocycles. The Morgan fingerprint density at radius 2 is 2.13 bits per heavy atom. The van der Waals surface area contributed by atoms with Crippen LogP contribution in [0.5, 0.6) is 0 Å². The molecule has 2 aliphatic heterocycles. The van der Waals surface area contributed by atoms with Gasteiger partial charge < -0.3 is 10.2 Å². The Bertz CT molecular complexity index is 482. The van der Waals surface area contributed by atoms with Crippen LogP contribution in [-0.2, 0) is 11.2 Å². The van der Waals surface area contributed by atoms with E-state index >= 15 is 0 Å². The maximum atomic E-state index is 12.2. The quantitative estimate of drug-likeness (QED) is 0.897. The van der Waals surface area contributed by atoms with Gasteiger partial charge in [0.05, 0.1) is 0 Å². The largest absolute Gasteiger partial charge is 0.352 e. The van der Waals surface area contributed by atoms with Gasteiger partial charge in [-0.05, 0) is 81.2 Å². The molecule has 2 saturated heterocycles. The molecule has 1 aromatic rings. The van der Waals surface area contributed by atoms with Gasteiger partial charge in [-0.3, -0.25) is 9.69 Å². The van der Waals surface area contributed by atoms with E-state index in [1.165, 1.54) is 44.5 Å². The molecule has 0 unspecified atom stereocenters. The summed E-state index contributed by atoms with van der Waals surface area (Å²) in [6, 6.07) is 3.18. The van der Waals surface area contributed by atoms with Crippen molar-refractivity contribution in [2.45, 2.75) is 50.6 Å². The van der Waals surface area contributed by atoms with Gasteiger partial charge >= 0.3 is 0 Å². The number of nitrogens with one attached hydrogen (secondary N) is 1. The first-order chi connectivity index (χ1) is 11.2. The van der Waals surface area contributed by atoms with E-state index in [1.54, 1.807) is 11.3 Å². The minimum Gasteiger partial charge on any atom is -0.352 e. The molecule has 1 aromatic heterocycles. The number of piperidine rings is 2. The standard InChI is InChI=1S/C18H29N3OS/c1-20-10-6-17(7-11-20)21-9-2-3-16(13-21)19-18(22)5-4-15-8-12-23-14-15/h8,12,14,16-17H,2-7,9-11,13H2,1H3,(H,19,22)/t16-/m1/s1. The number of carbonyl (C=O) groups excluding carboxylic acids is 1. The van der Waals surface area contributed by atoms with Gasteiger partial charge in [0.25, 0.3) is 0 Å². The summed E-state index contributed by atoms with van der Waals surface area (Å²) in [6.45, 7) is 4.66. The summed E-state index contributed by atoms with van der Waals surface area (Å²) in [7, 11) is 2.21. The number of hydrogen-bond donors (Lipinski definition) is 1. The lowest BCUT2D eigenvalue weighted by atomic mass is 9.98. The molecular weight excluding hydrogens is 306 g/mol. The minimum absolute atomic E-state index is 0.214. The Labute approximate surface area is 143 Å². The number of thiophene rings is 1. The van der Waals surface area contributed by atoms with Crippen LogP contribution in [0.2, 0.25) is 0 Å². The number of nitrogens with zero attached hydrogens (tertiary/aromatic N) is 2. The minimum atomic E-state index is 0.214. The maximum Gasteiger partial charge on any atom is 0.220 e. The molecular formula is C18H29N3OS. The predicted octanol–water partition coefficient (Wildman–Crippen LogP) is 2.36. The molecule has 3 rings (SSSR count). The molecule has 0 aromatic carbocycles. The fraction of sp³-hybridized carbons (Fsp3) is 0.722. The fourth-order valence-electron chi connectivity index (χ4n) is 3.81. The smallest absolute Gasteiger partial charge is 0.220 e. The highest BCUT2D eigenvalue weighted by molar-refractivity contribution is 7.07. The van der Waals surface area contributed by atoms with Crippen LogP contribution >= 0.6 is 11.3 Å². The highest BCUT2D eigenvalue weighted by atomic mass is 32.1. The summed E-state index contributed by atoms with van der Waals surface area (Å²) in [4.78, 5) is 17.2. The van der Waals surface area contributed by atoms with E-state index in [4.69, 9.17) is 0 Å². The van der Waals surface area contributed by atoms with Crippen molar-refractivity contribution in [2.24, 2.45) is 0 Å². The third-order valence-corrected chi connectivity index (χ3v) is 5.98. The van der Waals surface area contributed by atoms with Crippen molar-refractivity contribution in [2.75, 3.05) is 33.2 Å². The average molecular weight is 336 g/mol. The first-order valence-electron chi connectivity index (χ1n) is 8.94. The number of carbonyl (C=O) groups is 1. The summed E-state index contributed by atoms with van der Waals surface area (Å²) in [6.07, 6.45) is 6.36. The summed E-state index contributed by atoms with van der Waals surface area (Å²) in [5.74, 6) is 0.214. The van der Waals surface area contributed by atoms with Crippen LogP contribution in [0.15, 0.2) is 16.8 Å². The molecule has 0 aliphatic carbocycles. The van der Waals surface area contributed by atoms with Crippen molar-refractivity contribution in [3.05, 3.63) is 22.4 Å². The number of hydrogen-bond acceptors (Lipinski definition) is 4. The second-order valence-corrected chi connectivity index (χ2v) is 7.85. The van der Waals surface area contributed by atoms with Crippen molar-refractivity contribution >= 4 is 17.2 Å². The van der Waals surface area contributed by atoms with Gasteiger partial charge in [-0.2, -0.15) is 11.3 Å². The molecule has 128 valence electrons. The van der Waals surface area contributed by atoms with Crippen molar-refractivity contribution < 1.29 is 4.79 Å². The van der Waals surface area contributed by atoms with Crippen molar-refractivity contribution in [3.63, 3.8) is 0 Å². The van der Waals surface area contributed by atoms with Crippen LogP contribution in [0.3, 0.4) is 0 Å². The lowest BCUT2D eigenvalue weighted by Crippen LogP contribution is -2.53. The molecule has 2 fully saturated rings. The molecule has 0 bridgehead atoms. The summed E-state index contributed by atoms with van der Waals surface area (Å²) in [5.41, 5.74) is 1.28. The molecule has 23 heavy (non-hydrogen) atoms. The van der Waals surface area contributed by atoms with Gasteiger partial charge in [0.15, 0.2) is 0 Å². The first-order valence-corrected chi connectivity index (χ1v) is 9.88. The number of likely N-dealkylation sites (tertiary alicyclic amines) is 2. The van der Waals surface area contributed by atoms with Gasteiger partial charge in [-0.15, -0.1) is 0 Å². The summed E-state index contributed by atoms with van der Waals surface area (Å²) >= 11 is 1.70. The topological polar surface area (TPSA) is 35.6 Å². The lowest BCUT2D eigenvalue weighted by Gasteiger charge is -2.41. The number of rotatable bonds is 5. The van der Waals surface area contributed by atoms with Gasteiger partial charge in [0.1, 0.15) is 0 Å². The molecule has 1 N–H and O–H groups in total. The zero-order valence-corrected chi connectivity index (χ0v) is 15.0. The summed E-state index contributed by atoms with van der Waals surface area (Å²) in [5, 5.41) is 7.48. The average Bonchev–Trinajstić information content (AvgIpc) is 3.07. The Kier molecular flexibility index (Phi) is 6.08. The molecule has 4 nitrogen and oxygen atoms in total. The van der Waals surface area contributed by atoms with E-state index in [0.717, 1.165) is 25.4 Å². The van der Waals surface area contributed by atoms with Crippen molar-refractivity contribution in [1.82, 2.24) is 15.1 Å². The third-order valence-electron chi connectivity index (χ3n) is 5.24. The highest BCUT2D eigenvalue weighted by Crippen LogP contribution is 2.20. The molecule has 0 saturated carbocycles. The number of aryl methyl sites for hydroxylation is 1. The van der Waals surface area contributed by atoms with Crippen LogP contribution in [-0.4, -0.2) is 61.0 Å². The zero-order chi connectivity index (χ0) is 16.1. The molecule has 0 spiro atoms. The van der Waals surface area contributed by atoms with Gasteiger partial charge in [-0.1, -0.05) is 0 Å². The van der Waals surface area contributed by atoms with E-state index in [2.05, 4.69) is 39.0 Å². The van der Waals surface area contributed by atoms with Crippen LogP contribution < -0.4 is 5.32 Å². The van der Waals surface area contributed by atoms with Gasteiger partial charge in [0.2, 0.25) is 5.91 Å². The molecule has 1 amide bonds.